The van der Waals surface area contributed by atoms with E-state index in [0.29, 0.717) is 63.0 Å². The van der Waals surface area contributed by atoms with E-state index in [-0.39, 0.29) is 23.3 Å². The first-order valence-electron chi connectivity index (χ1n) is 13.6. The average molecular weight is 604 g/mol. The number of methoxy groups -OCH3 is 1. The number of carbonyl (C=O) groups is 1. The van der Waals surface area contributed by atoms with Crippen LogP contribution < -0.4 is 15.2 Å². The van der Waals surface area contributed by atoms with Crippen LogP contribution in [0.4, 0.5) is 5.82 Å². The minimum Gasteiger partial charge on any atom is -0.493 e. The van der Waals surface area contributed by atoms with Gasteiger partial charge in [-0.25, -0.2) is 14.6 Å². The number of ether oxygens (including phenoxy) is 2. The highest BCUT2D eigenvalue weighted by Gasteiger charge is 2.33. The molecule has 3 heterocycles. The second kappa shape index (κ2) is 11.5. The lowest BCUT2D eigenvalue weighted by Crippen LogP contribution is -2.39. The summed E-state index contributed by atoms with van der Waals surface area (Å²) in [6.45, 7) is 0.990. The van der Waals surface area contributed by atoms with Crippen LogP contribution in [-0.2, 0) is 11.3 Å². The van der Waals surface area contributed by atoms with Crippen molar-refractivity contribution in [3.05, 3.63) is 64.4 Å². The zero-order chi connectivity index (χ0) is 29.4. The van der Waals surface area contributed by atoms with Crippen molar-refractivity contribution in [3.8, 4) is 34.6 Å². The quantitative estimate of drug-likeness (QED) is 0.190. The third-order valence-corrected chi connectivity index (χ3v) is 8.25. The van der Waals surface area contributed by atoms with Gasteiger partial charge in [0, 0.05) is 18.2 Å². The maximum Gasteiger partial charge on any atom is 0.264 e. The second-order valence-corrected chi connectivity index (χ2v) is 11.2. The van der Waals surface area contributed by atoms with Gasteiger partial charge in [-0.2, -0.15) is 10.4 Å². The Kier molecular flexibility index (Phi) is 7.62. The van der Waals surface area contributed by atoms with Gasteiger partial charge in [0.15, 0.2) is 17.1 Å². The maximum atomic E-state index is 13.3. The fourth-order valence-corrected chi connectivity index (χ4v) is 5.52. The van der Waals surface area contributed by atoms with Gasteiger partial charge in [-0.15, -0.1) is 0 Å². The predicted molar refractivity (Wildman–Crippen MR) is 159 cm³/mol. The molecule has 1 unspecified atom stereocenters. The minimum atomic E-state index is -0.222. The first kappa shape index (κ1) is 27.8. The highest BCUT2D eigenvalue weighted by molar-refractivity contribution is 6.42. The number of anilines is 1. The summed E-state index contributed by atoms with van der Waals surface area (Å²) in [4.78, 5) is 23.8. The number of aromatic nitrogens is 4. The molecule has 0 radical (unpaired) electrons. The summed E-state index contributed by atoms with van der Waals surface area (Å²) in [5, 5.41) is 15.9. The zero-order valence-electron chi connectivity index (χ0n) is 22.8. The number of nitriles is 1. The van der Waals surface area contributed by atoms with Crippen molar-refractivity contribution in [3.63, 3.8) is 0 Å². The number of nitrogen functional groups attached to an aromatic ring is 1. The summed E-state index contributed by atoms with van der Waals surface area (Å²) >= 11 is 12.2. The van der Waals surface area contributed by atoms with E-state index in [9.17, 15) is 10.1 Å². The largest absolute Gasteiger partial charge is 0.493 e. The predicted octanol–water partition coefficient (Wildman–Crippen LogP) is 6.03. The molecule has 4 aromatic rings. The summed E-state index contributed by atoms with van der Waals surface area (Å²) in [6, 6.07) is 12.4. The first-order valence-corrected chi connectivity index (χ1v) is 14.3. The van der Waals surface area contributed by atoms with Gasteiger partial charge < -0.3 is 20.1 Å². The van der Waals surface area contributed by atoms with Crippen LogP contribution in [0.2, 0.25) is 10.0 Å². The van der Waals surface area contributed by atoms with E-state index < -0.39 is 0 Å². The van der Waals surface area contributed by atoms with Crippen molar-refractivity contribution < 1.29 is 14.3 Å². The number of nitrogens with zero attached hydrogens (tertiary/aromatic N) is 6. The van der Waals surface area contributed by atoms with Crippen LogP contribution in [0.5, 0.6) is 17.2 Å². The molecule has 1 saturated heterocycles. The number of amides is 1. The smallest absolute Gasteiger partial charge is 0.264 e. The van der Waals surface area contributed by atoms with Crippen molar-refractivity contribution >= 4 is 46.0 Å². The Labute approximate surface area is 252 Å². The number of allylic oxidation sites excluding steroid dienone is 1. The zero-order valence-corrected chi connectivity index (χ0v) is 24.3. The minimum absolute atomic E-state index is 0.142. The second-order valence-electron chi connectivity index (χ2n) is 10.4. The summed E-state index contributed by atoms with van der Waals surface area (Å²) in [7, 11) is 1.55. The molecule has 2 fully saturated rings. The van der Waals surface area contributed by atoms with Gasteiger partial charge in [-0.1, -0.05) is 29.3 Å². The molecular weight excluding hydrogens is 577 g/mol. The standard InChI is InChI=1S/C30H27Cl2N7O3/c1-41-25-12-18(6-9-24(25)42-21-7-8-22(31)23(32)13-21)27-26-28(34)35-16-36-29(26)39(37-27)15-20-3-2-10-38(20)30(40)19(14-33)11-17-4-5-17/h6-9,11-13,16-17,20H,2-5,10,15H2,1H3,(H2,34,35,36)/b19-11+. The Morgan fingerprint density at radius 3 is 2.71 bits per heavy atom. The average Bonchev–Trinajstić information content (AvgIpc) is 3.57. The number of nitrogens with two attached hydrogens (primary N) is 1. The van der Waals surface area contributed by atoms with Crippen molar-refractivity contribution in [2.75, 3.05) is 19.4 Å². The van der Waals surface area contributed by atoms with Crippen LogP contribution >= 0.6 is 23.2 Å². The van der Waals surface area contributed by atoms with Gasteiger partial charge in [0.1, 0.15) is 35.2 Å². The number of halogens is 2. The number of hydrogen-bond acceptors (Lipinski definition) is 8. The summed E-state index contributed by atoms with van der Waals surface area (Å²) in [6.07, 6.45) is 6.91. The van der Waals surface area contributed by atoms with E-state index in [2.05, 4.69) is 16.0 Å². The van der Waals surface area contributed by atoms with E-state index in [1.807, 2.05) is 12.1 Å². The molecule has 2 aromatic carbocycles. The summed E-state index contributed by atoms with van der Waals surface area (Å²) in [5.41, 5.74) is 8.41. The molecule has 2 aromatic heterocycles. The Morgan fingerprint density at radius 1 is 1.14 bits per heavy atom. The summed E-state index contributed by atoms with van der Waals surface area (Å²) < 4.78 is 13.4. The van der Waals surface area contributed by atoms with Crippen molar-refractivity contribution in [2.24, 2.45) is 5.92 Å². The molecule has 2 aliphatic rings. The molecule has 0 bridgehead atoms. The summed E-state index contributed by atoms with van der Waals surface area (Å²) in [5.74, 6) is 1.84. The van der Waals surface area contributed by atoms with Gasteiger partial charge in [-0.3, -0.25) is 4.79 Å². The highest BCUT2D eigenvalue weighted by Crippen LogP contribution is 2.39. The topological polar surface area (TPSA) is 132 Å². The molecule has 1 saturated carbocycles. The fourth-order valence-electron chi connectivity index (χ4n) is 5.23. The fraction of sp³-hybridized carbons (Fsp3) is 0.300. The molecular formula is C30H27Cl2N7O3. The Balaban J connectivity index is 1.32. The molecule has 10 nitrogen and oxygen atoms in total. The Morgan fingerprint density at radius 2 is 1.98 bits per heavy atom. The van der Waals surface area contributed by atoms with Crippen molar-refractivity contribution in [2.45, 2.75) is 38.3 Å². The molecule has 6 rings (SSSR count). The monoisotopic (exact) mass is 603 g/mol. The Bertz CT molecular complexity index is 1760. The van der Waals surface area contributed by atoms with E-state index in [1.165, 1.54) is 6.33 Å². The van der Waals surface area contributed by atoms with Crippen LogP contribution in [-0.4, -0.2) is 50.3 Å². The van der Waals surface area contributed by atoms with Crippen LogP contribution in [0.25, 0.3) is 22.3 Å². The van der Waals surface area contributed by atoms with E-state index in [4.69, 9.17) is 43.5 Å². The van der Waals surface area contributed by atoms with Crippen molar-refractivity contribution in [1.29, 1.82) is 5.26 Å². The number of likely N-dealkylation sites (tertiary alicyclic amines) is 1. The lowest BCUT2D eigenvalue weighted by atomic mass is 10.1. The molecule has 42 heavy (non-hydrogen) atoms. The SMILES string of the molecule is COc1cc(-c2nn(CC3CCCN3C(=O)/C(C#N)=C/C3CC3)c3ncnc(N)c23)ccc1Oc1ccc(Cl)c(Cl)c1. The third kappa shape index (κ3) is 5.45. The normalized spacial score (nSPS) is 17.0. The molecule has 2 N–H and O–H groups in total. The lowest BCUT2D eigenvalue weighted by molar-refractivity contribution is -0.127. The van der Waals surface area contributed by atoms with Crippen LogP contribution in [0.15, 0.2) is 54.4 Å². The van der Waals surface area contributed by atoms with E-state index in [1.54, 1.807) is 47.0 Å². The molecule has 1 amide bonds. The van der Waals surface area contributed by atoms with Gasteiger partial charge in [0.25, 0.3) is 5.91 Å². The van der Waals surface area contributed by atoms with E-state index in [0.717, 1.165) is 31.2 Å². The van der Waals surface area contributed by atoms with Crippen molar-refractivity contribution in [1.82, 2.24) is 24.6 Å². The number of hydrogen-bond donors (Lipinski definition) is 1. The third-order valence-electron chi connectivity index (χ3n) is 7.51. The van der Waals surface area contributed by atoms with Crippen LogP contribution in [0.1, 0.15) is 25.7 Å². The number of carbonyl (C=O) groups excluding carboxylic acids is 1. The molecule has 1 atom stereocenters. The van der Waals surface area contributed by atoms with Gasteiger partial charge in [0.2, 0.25) is 0 Å². The van der Waals surface area contributed by atoms with Gasteiger partial charge in [-0.05, 0) is 61.9 Å². The maximum absolute atomic E-state index is 13.3. The molecule has 214 valence electrons. The molecule has 12 heteroatoms. The van der Waals surface area contributed by atoms with Crippen LogP contribution in [0, 0.1) is 17.2 Å². The van der Waals surface area contributed by atoms with Gasteiger partial charge >= 0.3 is 0 Å². The molecule has 1 aliphatic carbocycles. The first-order chi connectivity index (χ1) is 20.4. The number of fused-ring (bicyclic) bond motifs is 1. The van der Waals surface area contributed by atoms with Gasteiger partial charge in [0.05, 0.1) is 35.1 Å². The number of benzene rings is 2. The number of rotatable bonds is 8. The molecule has 0 spiro atoms. The molecule has 1 aliphatic heterocycles. The highest BCUT2D eigenvalue weighted by atomic mass is 35.5. The Hall–Kier alpha value is -4.33. The lowest BCUT2D eigenvalue weighted by Gasteiger charge is -2.24. The van der Waals surface area contributed by atoms with E-state index >= 15 is 0 Å². The van der Waals surface area contributed by atoms with Crippen LogP contribution in [0.3, 0.4) is 0 Å².